The standard InChI is InChI=1S/C21H24N2O4S/c1-13(2)19(23-20(25)17-7-4-10-28-17)21(26)27-12-18(24)22-16-9-8-14-5-3-6-15(14)11-16/h4,7-11,13,19H,3,5-6,12H2,1-2H3,(H,22,24)(H,23,25)/t19-/m1/s1. The van der Waals surface area contributed by atoms with E-state index in [0.29, 0.717) is 10.6 Å². The number of anilines is 1. The summed E-state index contributed by atoms with van der Waals surface area (Å²) in [5.74, 6) is -1.52. The van der Waals surface area contributed by atoms with Crippen LogP contribution in [0.1, 0.15) is 41.1 Å². The molecule has 0 saturated carbocycles. The molecule has 3 rings (SSSR count). The van der Waals surface area contributed by atoms with Gasteiger partial charge in [-0.05, 0) is 59.9 Å². The largest absolute Gasteiger partial charge is 0.454 e. The third-order valence-electron chi connectivity index (χ3n) is 4.68. The average Bonchev–Trinajstić information content (AvgIpc) is 3.35. The highest BCUT2D eigenvalue weighted by atomic mass is 32.1. The highest BCUT2D eigenvalue weighted by Gasteiger charge is 2.27. The van der Waals surface area contributed by atoms with E-state index in [-0.39, 0.29) is 11.8 Å². The minimum absolute atomic E-state index is 0.170. The van der Waals surface area contributed by atoms with E-state index in [4.69, 9.17) is 4.74 Å². The van der Waals surface area contributed by atoms with Crippen LogP contribution in [-0.4, -0.2) is 30.4 Å². The smallest absolute Gasteiger partial charge is 0.329 e. The van der Waals surface area contributed by atoms with Crippen molar-refractivity contribution in [2.45, 2.75) is 39.2 Å². The third-order valence-corrected chi connectivity index (χ3v) is 5.55. The molecule has 1 heterocycles. The van der Waals surface area contributed by atoms with E-state index in [2.05, 4.69) is 10.6 Å². The number of nitrogens with one attached hydrogen (secondary N) is 2. The van der Waals surface area contributed by atoms with Crippen LogP contribution in [0.5, 0.6) is 0 Å². The number of ether oxygens (including phenoxy) is 1. The van der Waals surface area contributed by atoms with Crippen LogP contribution in [0.25, 0.3) is 0 Å². The molecule has 2 N–H and O–H groups in total. The molecule has 2 aromatic rings. The minimum Gasteiger partial charge on any atom is -0.454 e. The molecule has 0 bridgehead atoms. The van der Waals surface area contributed by atoms with Crippen LogP contribution >= 0.6 is 11.3 Å². The molecule has 7 heteroatoms. The maximum absolute atomic E-state index is 12.4. The Hall–Kier alpha value is -2.67. The van der Waals surface area contributed by atoms with Crippen LogP contribution in [0.4, 0.5) is 5.69 Å². The monoisotopic (exact) mass is 400 g/mol. The molecule has 6 nitrogen and oxygen atoms in total. The van der Waals surface area contributed by atoms with Crippen molar-refractivity contribution in [2.24, 2.45) is 5.92 Å². The summed E-state index contributed by atoms with van der Waals surface area (Å²) < 4.78 is 5.15. The van der Waals surface area contributed by atoms with Gasteiger partial charge in [0.2, 0.25) is 0 Å². The van der Waals surface area contributed by atoms with Gasteiger partial charge in [0.1, 0.15) is 6.04 Å². The van der Waals surface area contributed by atoms with Gasteiger partial charge in [-0.25, -0.2) is 4.79 Å². The zero-order valence-corrected chi connectivity index (χ0v) is 16.8. The van der Waals surface area contributed by atoms with Gasteiger partial charge < -0.3 is 15.4 Å². The number of carbonyl (C=O) groups excluding carboxylic acids is 3. The Kier molecular flexibility index (Phi) is 6.46. The second-order valence-corrected chi connectivity index (χ2v) is 8.11. The molecular formula is C21H24N2O4S. The average molecular weight is 401 g/mol. The molecule has 0 radical (unpaired) electrons. The molecule has 1 aromatic carbocycles. The topological polar surface area (TPSA) is 84.5 Å². The first kappa shape index (κ1) is 20.1. The predicted molar refractivity (Wildman–Crippen MR) is 108 cm³/mol. The fourth-order valence-electron chi connectivity index (χ4n) is 3.19. The molecule has 1 aliphatic carbocycles. The Bertz CT molecular complexity index is 861. The number of hydrogen-bond acceptors (Lipinski definition) is 5. The Morgan fingerprint density at radius 2 is 1.93 bits per heavy atom. The molecule has 0 spiro atoms. The van der Waals surface area contributed by atoms with Crippen LogP contribution in [0.2, 0.25) is 0 Å². The van der Waals surface area contributed by atoms with Gasteiger partial charge in [-0.2, -0.15) is 0 Å². The first-order chi connectivity index (χ1) is 13.4. The van der Waals surface area contributed by atoms with E-state index in [1.165, 1.54) is 22.5 Å². The first-order valence-electron chi connectivity index (χ1n) is 9.36. The number of hydrogen-bond donors (Lipinski definition) is 2. The predicted octanol–water partition coefficient (Wildman–Crippen LogP) is 3.17. The zero-order chi connectivity index (χ0) is 20.1. The molecule has 0 unspecified atom stereocenters. The molecule has 1 aliphatic rings. The van der Waals surface area contributed by atoms with Gasteiger partial charge in [0.15, 0.2) is 6.61 Å². The Morgan fingerprint density at radius 1 is 1.14 bits per heavy atom. The molecule has 1 aromatic heterocycles. The number of aryl methyl sites for hydroxylation is 2. The summed E-state index contributed by atoms with van der Waals surface area (Å²) in [6, 6.07) is 8.50. The highest BCUT2D eigenvalue weighted by Crippen LogP contribution is 2.24. The first-order valence-corrected chi connectivity index (χ1v) is 10.2. The molecule has 2 amide bonds. The van der Waals surface area contributed by atoms with E-state index >= 15 is 0 Å². The van der Waals surface area contributed by atoms with Crippen molar-refractivity contribution in [1.29, 1.82) is 0 Å². The van der Waals surface area contributed by atoms with Crippen LogP contribution in [-0.2, 0) is 27.2 Å². The second kappa shape index (κ2) is 9.01. The normalized spacial score (nSPS) is 13.7. The van der Waals surface area contributed by atoms with Gasteiger partial charge in [0.25, 0.3) is 11.8 Å². The van der Waals surface area contributed by atoms with Gasteiger partial charge in [-0.3, -0.25) is 9.59 Å². The molecule has 0 saturated heterocycles. The Balaban J connectivity index is 1.52. The lowest BCUT2D eigenvalue weighted by Crippen LogP contribution is -2.45. The van der Waals surface area contributed by atoms with E-state index < -0.39 is 24.5 Å². The quantitative estimate of drug-likeness (QED) is 0.699. The summed E-state index contributed by atoms with van der Waals surface area (Å²) in [7, 11) is 0. The van der Waals surface area contributed by atoms with Crippen molar-refractivity contribution in [3.63, 3.8) is 0 Å². The molecule has 0 aliphatic heterocycles. The van der Waals surface area contributed by atoms with Gasteiger partial charge in [-0.15, -0.1) is 11.3 Å². The van der Waals surface area contributed by atoms with Crippen LogP contribution in [0.3, 0.4) is 0 Å². The number of fused-ring (bicyclic) bond motifs is 1. The Labute approximate surface area is 168 Å². The van der Waals surface area contributed by atoms with Crippen molar-refractivity contribution in [3.8, 4) is 0 Å². The van der Waals surface area contributed by atoms with Crippen molar-refractivity contribution < 1.29 is 19.1 Å². The summed E-state index contributed by atoms with van der Waals surface area (Å²) in [6.07, 6.45) is 3.24. The summed E-state index contributed by atoms with van der Waals surface area (Å²) in [4.78, 5) is 37.3. The van der Waals surface area contributed by atoms with Gasteiger partial charge in [0, 0.05) is 5.69 Å². The van der Waals surface area contributed by atoms with Crippen LogP contribution in [0.15, 0.2) is 35.7 Å². The zero-order valence-electron chi connectivity index (χ0n) is 16.0. The maximum atomic E-state index is 12.4. The number of carbonyl (C=O) groups is 3. The van der Waals surface area contributed by atoms with Gasteiger partial charge in [-0.1, -0.05) is 26.0 Å². The molecule has 1 atom stereocenters. The summed E-state index contributed by atoms with van der Waals surface area (Å²) in [5, 5.41) is 7.23. The SMILES string of the molecule is CC(C)[C@@H](NC(=O)c1cccs1)C(=O)OCC(=O)Nc1ccc2c(c1)CCC2. The number of esters is 1. The van der Waals surface area contributed by atoms with E-state index in [9.17, 15) is 14.4 Å². The van der Waals surface area contributed by atoms with Crippen molar-refractivity contribution >= 4 is 34.8 Å². The number of rotatable bonds is 7. The maximum Gasteiger partial charge on any atom is 0.329 e. The van der Waals surface area contributed by atoms with Gasteiger partial charge >= 0.3 is 5.97 Å². The number of thiophene rings is 1. The van der Waals surface area contributed by atoms with Crippen LogP contribution < -0.4 is 10.6 Å². The molecular weight excluding hydrogens is 376 g/mol. The number of amides is 2. The van der Waals surface area contributed by atoms with Crippen molar-refractivity contribution in [2.75, 3.05) is 11.9 Å². The number of benzene rings is 1. The van der Waals surface area contributed by atoms with Gasteiger partial charge in [0.05, 0.1) is 4.88 Å². The highest BCUT2D eigenvalue weighted by molar-refractivity contribution is 7.12. The minimum atomic E-state index is -0.817. The second-order valence-electron chi connectivity index (χ2n) is 7.17. The molecule has 28 heavy (non-hydrogen) atoms. The lowest BCUT2D eigenvalue weighted by Gasteiger charge is -2.20. The molecule has 0 fully saturated rings. The lowest BCUT2D eigenvalue weighted by molar-refractivity contribution is -0.150. The Morgan fingerprint density at radius 3 is 2.64 bits per heavy atom. The molecule has 148 valence electrons. The fraction of sp³-hybridized carbons (Fsp3) is 0.381. The fourth-order valence-corrected chi connectivity index (χ4v) is 3.82. The van der Waals surface area contributed by atoms with Crippen LogP contribution in [0, 0.1) is 5.92 Å². The van der Waals surface area contributed by atoms with E-state index in [1.54, 1.807) is 17.5 Å². The van der Waals surface area contributed by atoms with Crippen molar-refractivity contribution in [3.05, 3.63) is 51.7 Å². The van der Waals surface area contributed by atoms with E-state index in [1.807, 2.05) is 32.0 Å². The summed E-state index contributed by atoms with van der Waals surface area (Å²) in [5.41, 5.74) is 3.28. The summed E-state index contributed by atoms with van der Waals surface area (Å²) in [6.45, 7) is 3.23. The third kappa shape index (κ3) is 4.98. The van der Waals surface area contributed by atoms with Crippen molar-refractivity contribution in [1.82, 2.24) is 5.32 Å². The summed E-state index contributed by atoms with van der Waals surface area (Å²) >= 11 is 1.30. The van der Waals surface area contributed by atoms with E-state index in [0.717, 1.165) is 19.3 Å². The lowest BCUT2D eigenvalue weighted by atomic mass is 10.0.